The molecule has 2 aliphatic rings. The highest BCUT2D eigenvalue weighted by Gasteiger charge is 2.34. The number of fused-ring (bicyclic) bond motifs is 6. The van der Waals surface area contributed by atoms with E-state index in [9.17, 15) is 35.5 Å². The van der Waals surface area contributed by atoms with Crippen LogP contribution in [0.15, 0.2) is 97.1 Å². The highest BCUT2D eigenvalue weighted by atomic mass is 32.2. The first-order chi connectivity index (χ1) is 30.3. The van der Waals surface area contributed by atoms with Crippen molar-refractivity contribution in [3.63, 3.8) is 0 Å². The third-order valence-corrected chi connectivity index (χ3v) is 13.9. The zero-order valence-electron chi connectivity index (χ0n) is 36.7. The van der Waals surface area contributed by atoms with E-state index >= 15 is 0 Å². The molecule has 2 aliphatic heterocycles. The van der Waals surface area contributed by atoms with Gasteiger partial charge in [-0.1, -0.05) is 100 Å². The zero-order chi connectivity index (χ0) is 46.2. The van der Waals surface area contributed by atoms with Gasteiger partial charge >= 0.3 is 5.97 Å². The van der Waals surface area contributed by atoms with Crippen molar-refractivity contribution < 1.29 is 40.3 Å². The molecule has 0 amide bonds. The summed E-state index contributed by atoms with van der Waals surface area (Å²) < 4.78 is 85.8. The Morgan fingerprint density at radius 2 is 1.05 bits per heavy atom. The summed E-state index contributed by atoms with van der Waals surface area (Å²) in [5.41, 5.74) is 10.8. The molecule has 64 heavy (non-hydrogen) atoms. The summed E-state index contributed by atoms with van der Waals surface area (Å²) in [6, 6.07) is 27.1. The first kappa shape index (κ1) is 46.3. The summed E-state index contributed by atoms with van der Waals surface area (Å²) in [7, 11) is -5.78. The number of methoxy groups -OCH3 is 1. The molecule has 11 nitrogen and oxygen atoms in total. The molecule has 2 aromatic heterocycles. The van der Waals surface area contributed by atoms with Gasteiger partial charge in [-0.25, -0.2) is 30.4 Å². The monoisotopic (exact) mass is 908 g/mol. The van der Waals surface area contributed by atoms with Crippen molar-refractivity contribution in [2.24, 2.45) is 0 Å². The number of carbonyl (C=O) groups is 1. The number of aliphatic hydroxyl groups excluding tert-OH is 1. The lowest BCUT2D eigenvalue weighted by molar-refractivity contribution is 0.0599. The number of carbonyl (C=O) groups excluding carboxylic acids is 1. The summed E-state index contributed by atoms with van der Waals surface area (Å²) in [6.07, 6.45) is 2.36. The average molecular weight is 909 g/mol. The van der Waals surface area contributed by atoms with Crippen LogP contribution in [0.1, 0.15) is 89.1 Å². The van der Waals surface area contributed by atoms with Gasteiger partial charge in [0.2, 0.25) is 20.0 Å². The molecule has 0 saturated carbocycles. The summed E-state index contributed by atoms with van der Waals surface area (Å²) in [4.78, 5) is 22.9. The Hall–Kier alpha value is -5.71. The minimum absolute atomic E-state index is 0.0188. The molecule has 0 aliphatic carbocycles. The Kier molecular flexibility index (Phi) is 13.3. The number of ether oxygens (including phenoxy) is 1. The van der Waals surface area contributed by atoms with Gasteiger partial charge in [-0.05, 0) is 63.9 Å². The molecular formula is C49H50F2N4O7S2. The molecule has 1 N–H and O–H groups in total. The van der Waals surface area contributed by atoms with Crippen LogP contribution in [0.4, 0.5) is 8.78 Å². The van der Waals surface area contributed by atoms with E-state index in [2.05, 4.69) is 0 Å². The summed E-state index contributed by atoms with van der Waals surface area (Å²) in [5.74, 6) is -1.43. The van der Waals surface area contributed by atoms with Crippen molar-refractivity contribution in [2.75, 3.05) is 19.6 Å². The standard InChI is InChI=1S/C25H25FN2O4S.C24H25FN2O3S/c1-15(2)23-22(25(29)32-3)21(16-9-11-18(26)12-10-16)20-14-28(33(4,30)31)13-17-7-5-6-8-19(17)24(20)27-23;1-15(2)23-21(14-28)22(16-8-10-18(25)11-9-16)20-13-27(31(3,29)30)12-17-6-4-5-7-19(17)24(20)26-23/h5-12,15H,13-14H2,1-4H3;4-11,15,28H,12-14H2,1-3H3. The molecule has 0 radical (unpaired) electrons. The van der Waals surface area contributed by atoms with Crippen LogP contribution >= 0.6 is 0 Å². The van der Waals surface area contributed by atoms with Crippen molar-refractivity contribution >= 4 is 26.0 Å². The number of aliphatic hydroxyl groups is 1. The second-order valence-corrected chi connectivity index (χ2v) is 20.6. The quantitative estimate of drug-likeness (QED) is 0.148. The van der Waals surface area contributed by atoms with Gasteiger partial charge in [0.1, 0.15) is 11.6 Å². The van der Waals surface area contributed by atoms with Crippen molar-refractivity contribution in [3.8, 4) is 44.8 Å². The molecule has 4 heterocycles. The number of hydrogen-bond acceptors (Lipinski definition) is 9. The average Bonchev–Trinajstić information content (AvgIpc) is 3.54. The Balaban J connectivity index is 0.000000192. The molecule has 15 heteroatoms. The number of benzene rings is 4. The Morgan fingerprint density at radius 3 is 1.45 bits per heavy atom. The lowest BCUT2D eigenvalue weighted by atomic mass is 9.87. The van der Waals surface area contributed by atoms with E-state index in [0.717, 1.165) is 50.9 Å². The van der Waals surface area contributed by atoms with E-state index in [1.54, 1.807) is 24.3 Å². The number of hydrogen-bond donors (Lipinski definition) is 1. The fourth-order valence-electron chi connectivity index (χ4n) is 8.43. The van der Waals surface area contributed by atoms with E-state index < -0.39 is 31.8 Å². The smallest absolute Gasteiger partial charge is 0.340 e. The van der Waals surface area contributed by atoms with Crippen LogP contribution in [-0.2, 0) is 57.6 Å². The molecule has 0 saturated heterocycles. The normalized spacial score (nSPS) is 14.1. The molecule has 0 bridgehead atoms. The first-order valence-electron chi connectivity index (χ1n) is 20.7. The Bertz CT molecular complexity index is 2980. The van der Waals surface area contributed by atoms with E-state index in [1.807, 2.05) is 76.2 Å². The topological polar surface area (TPSA) is 147 Å². The molecule has 4 aromatic carbocycles. The molecule has 0 spiro atoms. The number of rotatable bonds is 8. The van der Waals surface area contributed by atoms with E-state index in [-0.39, 0.29) is 56.0 Å². The maximum absolute atomic E-state index is 13.8. The third kappa shape index (κ3) is 9.26. The van der Waals surface area contributed by atoms with Gasteiger partial charge in [0.25, 0.3) is 0 Å². The first-order valence-corrected chi connectivity index (χ1v) is 24.4. The molecule has 6 aromatic rings. The number of nitrogens with zero attached hydrogens (tertiary/aromatic N) is 4. The molecule has 0 atom stereocenters. The van der Waals surface area contributed by atoms with Crippen LogP contribution in [0.3, 0.4) is 0 Å². The van der Waals surface area contributed by atoms with Crippen molar-refractivity contribution in [1.82, 2.24) is 18.6 Å². The van der Waals surface area contributed by atoms with Gasteiger partial charge in [-0.2, -0.15) is 8.61 Å². The summed E-state index contributed by atoms with van der Waals surface area (Å²) in [6.45, 7) is 8.18. The fourth-order valence-corrected chi connectivity index (χ4v) is 9.91. The third-order valence-electron chi connectivity index (χ3n) is 11.5. The van der Waals surface area contributed by atoms with Crippen LogP contribution in [-0.4, -0.2) is 66.1 Å². The van der Waals surface area contributed by atoms with E-state index in [1.165, 1.54) is 46.2 Å². The predicted molar refractivity (Wildman–Crippen MR) is 244 cm³/mol. The van der Waals surface area contributed by atoms with Crippen LogP contribution in [0.2, 0.25) is 0 Å². The number of pyridine rings is 2. The van der Waals surface area contributed by atoms with Gasteiger partial charge in [-0.3, -0.25) is 9.97 Å². The van der Waals surface area contributed by atoms with Crippen molar-refractivity contribution in [2.45, 2.75) is 72.3 Å². The van der Waals surface area contributed by atoms with Crippen LogP contribution in [0.25, 0.3) is 44.8 Å². The van der Waals surface area contributed by atoms with Crippen LogP contribution < -0.4 is 0 Å². The Morgan fingerprint density at radius 1 is 0.641 bits per heavy atom. The van der Waals surface area contributed by atoms with E-state index in [4.69, 9.17) is 14.7 Å². The van der Waals surface area contributed by atoms with Gasteiger partial charge in [0, 0.05) is 65.3 Å². The van der Waals surface area contributed by atoms with Gasteiger partial charge in [0.05, 0.1) is 48.9 Å². The predicted octanol–water partition coefficient (Wildman–Crippen LogP) is 9.19. The largest absolute Gasteiger partial charge is 0.465 e. The maximum atomic E-state index is 13.8. The minimum Gasteiger partial charge on any atom is -0.465 e. The SMILES string of the molecule is CC(C)c1nc2c(c(-c3ccc(F)cc3)c1CO)CN(S(C)(=O)=O)Cc1ccccc1-2.COC(=O)c1c(C(C)C)nc2c(c1-c1ccc(F)cc1)CN(S(C)(=O)=O)Cc1ccccc1-2. The molecular weight excluding hydrogens is 859 g/mol. The number of aromatic nitrogens is 2. The number of esters is 1. The highest BCUT2D eigenvalue weighted by molar-refractivity contribution is 7.88. The van der Waals surface area contributed by atoms with Gasteiger partial charge in [0.15, 0.2) is 0 Å². The minimum atomic E-state index is -3.58. The molecule has 334 valence electrons. The summed E-state index contributed by atoms with van der Waals surface area (Å²) >= 11 is 0. The van der Waals surface area contributed by atoms with E-state index in [0.29, 0.717) is 39.3 Å². The van der Waals surface area contributed by atoms with Gasteiger partial charge < -0.3 is 9.84 Å². The second-order valence-electron chi connectivity index (χ2n) is 16.6. The fraction of sp³-hybridized carbons (Fsp3) is 0.286. The summed E-state index contributed by atoms with van der Waals surface area (Å²) in [5, 5.41) is 10.3. The second kappa shape index (κ2) is 18.4. The number of halogens is 2. The van der Waals surface area contributed by atoms with Crippen molar-refractivity contribution in [3.05, 3.63) is 153 Å². The van der Waals surface area contributed by atoms with Crippen molar-refractivity contribution in [1.29, 1.82) is 0 Å². The molecule has 0 unspecified atom stereocenters. The molecule has 0 fully saturated rings. The lowest BCUT2D eigenvalue weighted by Crippen LogP contribution is -2.29. The van der Waals surface area contributed by atoms with Crippen LogP contribution in [0.5, 0.6) is 0 Å². The van der Waals surface area contributed by atoms with Gasteiger partial charge in [-0.15, -0.1) is 0 Å². The zero-order valence-corrected chi connectivity index (χ0v) is 38.3. The van der Waals surface area contributed by atoms with Crippen LogP contribution in [0, 0.1) is 11.6 Å². The molecule has 8 rings (SSSR count). The maximum Gasteiger partial charge on any atom is 0.340 e. The number of sulfonamides is 2. The highest BCUT2D eigenvalue weighted by Crippen LogP contribution is 2.44. The lowest BCUT2D eigenvalue weighted by Gasteiger charge is -2.24. The Labute approximate surface area is 373 Å².